The van der Waals surface area contributed by atoms with Gasteiger partial charge in [-0.3, -0.25) is 19.2 Å². The van der Waals surface area contributed by atoms with Gasteiger partial charge in [0.25, 0.3) is 0 Å². The van der Waals surface area contributed by atoms with Crippen molar-refractivity contribution < 1.29 is 19.7 Å². The summed E-state index contributed by atoms with van der Waals surface area (Å²) in [4.78, 5) is 4.72. The topological polar surface area (TPSA) is 101 Å². The lowest BCUT2D eigenvalue weighted by Gasteiger charge is -2.43. The highest BCUT2D eigenvalue weighted by molar-refractivity contribution is 9.10. The Labute approximate surface area is 216 Å². The summed E-state index contributed by atoms with van der Waals surface area (Å²) < 4.78 is 16.1. The summed E-state index contributed by atoms with van der Waals surface area (Å²) in [5.41, 5.74) is 0. The normalized spacial score (nSPS) is 31.4. The summed E-state index contributed by atoms with van der Waals surface area (Å²) in [5, 5.41) is 28.8. The van der Waals surface area contributed by atoms with Gasteiger partial charge in [0.2, 0.25) is 0 Å². The molecule has 4 aliphatic heterocycles. The molecule has 0 aromatic carbocycles. The van der Waals surface area contributed by atoms with Gasteiger partial charge in [0.15, 0.2) is 0 Å². The van der Waals surface area contributed by atoms with Crippen LogP contribution in [-0.4, -0.2) is 116 Å². The van der Waals surface area contributed by atoms with Crippen LogP contribution in [0.4, 0.5) is 0 Å². The Hall–Kier alpha value is -0.860. The first-order valence-corrected chi connectivity index (χ1v) is 13.5. The Balaban J connectivity index is 0.000000142. The van der Waals surface area contributed by atoms with Gasteiger partial charge >= 0.3 is 0 Å². The molecule has 6 heterocycles. The van der Waals surface area contributed by atoms with Gasteiger partial charge in [-0.05, 0) is 44.7 Å². The predicted molar refractivity (Wildman–Crippen MR) is 132 cm³/mol. The van der Waals surface area contributed by atoms with E-state index in [-0.39, 0.29) is 24.3 Å². The molecule has 0 radical (unpaired) electrons. The third-order valence-electron chi connectivity index (χ3n) is 7.25. The molecule has 0 amide bonds. The van der Waals surface area contributed by atoms with Crippen LogP contribution in [0.3, 0.4) is 0 Å². The molecule has 2 N–H and O–H groups in total. The molecule has 4 aliphatic rings. The number of nitrogens with zero attached hydrogens (tertiary/aromatic N) is 6. The summed E-state index contributed by atoms with van der Waals surface area (Å²) in [6.07, 6.45) is 8.46. The maximum absolute atomic E-state index is 10.2. The monoisotopic (exact) mass is 602 g/mol. The van der Waals surface area contributed by atoms with E-state index in [0.717, 1.165) is 74.4 Å². The van der Waals surface area contributed by atoms with E-state index in [2.05, 4.69) is 51.9 Å². The molecule has 34 heavy (non-hydrogen) atoms. The van der Waals surface area contributed by atoms with E-state index in [4.69, 9.17) is 9.47 Å². The van der Waals surface area contributed by atoms with Gasteiger partial charge < -0.3 is 19.7 Å². The first-order chi connectivity index (χ1) is 16.5. The smallest absolute Gasteiger partial charge is 0.0905 e. The molecule has 12 heteroatoms. The van der Waals surface area contributed by atoms with Crippen LogP contribution in [-0.2, 0) is 9.47 Å². The van der Waals surface area contributed by atoms with Crippen LogP contribution < -0.4 is 0 Å². The van der Waals surface area contributed by atoms with E-state index in [0.29, 0.717) is 12.1 Å². The second-order valence-electron chi connectivity index (χ2n) is 9.50. The average molecular weight is 604 g/mol. The molecule has 0 aliphatic carbocycles. The van der Waals surface area contributed by atoms with Gasteiger partial charge in [-0.2, -0.15) is 10.2 Å². The molecule has 4 saturated heterocycles. The lowest BCUT2D eigenvalue weighted by molar-refractivity contribution is -0.0946. The van der Waals surface area contributed by atoms with E-state index in [1.165, 1.54) is 0 Å². The standard InChI is InChI=1S/2C11H16BrN3O2/c12-8-3-13-15(4-8)10-5-14(2-1-11(10)16)9-6-17-7-9;12-8-3-13-15(4-8)10-1-2-14(5-11(10)16)9-6-17-7-9/h2*3-4,9-11,16H,1-2,5-7H2/t2*10-,11-/m10/s1. The zero-order valence-corrected chi connectivity index (χ0v) is 22.2. The number of aromatic nitrogens is 4. The van der Waals surface area contributed by atoms with Gasteiger partial charge in [0, 0.05) is 38.6 Å². The Kier molecular flexibility index (Phi) is 8.06. The number of aliphatic hydroxyl groups excluding tert-OH is 2. The van der Waals surface area contributed by atoms with Crippen LogP contribution >= 0.6 is 31.9 Å². The fraction of sp³-hybridized carbons (Fsp3) is 0.727. The number of piperidine rings is 2. The second-order valence-corrected chi connectivity index (χ2v) is 11.3. The average Bonchev–Trinajstić information content (AvgIpc) is 3.36. The van der Waals surface area contributed by atoms with Crippen molar-refractivity contribution in [3.05, 3.63) is 33.7 Å². The molecule has 10 nitrogen and oxygen atoms in total. The van der Waals surface area contributed by atoms with Gasteiger partial charge in [0.05, 0.1) is 84.1 Å². The fourth-order valence-electron chi connectivity index (χ4n) is 4.98. The Bertz CT molecular complexity index is 936. The SMILES string of the molecule is O[C@@H]1CCN(C2COC2)C[C@H]1n1cc(Br)cn1.O[C@H]1CN(C2COC2)CC[C@@H]1n1cc(Br)cn1. The lowest BCUT2D eigenvalue weighted by Crippen LogP contribution is -2.55. The number of ether oxygens (including phenoxy) is 2. The fourth-order valence-corrected chi connectivity index (χ4v) is 5.58. The van der Waals surface area contributed by atoms with Crippen molar-refractivity contribution in [1.82, 2.24) is 29.4 Å². The van der Waals surface area contributed by atoms with E-state index in [9.17, 15) is 10.2 Å². The largest absolute Gasteiger partial charge is 0.391 e. The van der Waals surface area contributed by atoms with E-state index in [1.807, 2.05) is 21.8 Å². The first kappa shape index (κ1) is 24.8. The van der Waals surface area contributed by atoms with Crippen molar-refractivity contribution in [3.63, 3.8) is 0 Å². The molecule has 4 fully saturated rings. The minimum absolute atomic E-state index is 0.0515. The number of aliphatic hydroxyl groups is 2. The number of likely N-dealkylation sites (tertiary alicyclic amines) is 2. The summed E-state index contributed by atoms with van der Waals surface area (Å²) in [7, 11) is 0. The molecule has 6 rings (SSSR count). The molecule has 2 aromatic rings. The maximum atomic E-state index is 10.2. The van der Waals surface area contributed by atoms with Crippen molar-refractivity contribution in [3.8, 4) is 0 Å². The third-order valence-corrected chi connectivity index (χ3v) is 8.07. The van der Waals surface area contributed by atoms with Crippen molar-refractivity contribution in [2.45, 2.75) is 49.2 Å². The minimum Gasteiger partial charge on any atom is -0.391 e. The van der Waals surface area contributed by atoms with Crippen LogP contribution in [0.2, 0.25) is 0 Å². The molecule has 0 saturated carbocycles. The van der Waals surface area contributed by atoms with Crippen LogP contribution in [0.1, 0.15) is 24.9 Å². The molecule has 0 unspecified atom stereocenters. The lowest BCUT2D eigenvalue weighted by atomic mass is 10.00. The molecule has 0 spiro atoms. The molecular formula is C22H32Br2N6O4. The van der Waals surface area contributed by atoms with E-state index < -0.39 is 0 Å². The van der Waals surface area contributed by atoms with Crippen molar-refractivity contribution in [1.29, 1.82) is 0 Å². The molecule has 188 valence electrons. The zero-order valence-electron chi connectivity index (χ0n) is 19.0. The van der Waals surface area contributed by atoms with Crippen molar-refractivity contribution >= 4 is 31.9 Å². The van der Waals surface area contributed by atoms with Gasteiger partial charge in [-0.1, -0.05) is 0 Å². The highest BCUT2D eigenvalue weighted by atomic mass is 79.9. The Morgan fingerprint density at radius 3 is 1.74 bits per heavy atom. The number of halogens is 2. The number of rotatable bonds is 4. The van der Waals surface area contributed by atoms with Gasteiger partial charge in [-0.25, -0.2) is 0 Å². The van der Waals surface area contributed by atoms with Gasteiger partial charge in [-0.15, -0.1) is 0 Å². The second kappa shape index (κ2) is 11.0. The summed E-state index contributed by atoms with van der Waals surface area (Å²) >= 11 is 6.77. The van der Waals surface area contributed by atoms with Gasteiger partial charge in [0.1, 0.15) is 0 Å². The molecular weight excluding hydrogens is 572 g/mol. The number of hydrogen-bond acceptors (Lipinski definition) is 8. The molecule has 2 aromatic heterocycles. The number of hydrogen-bond donors (Lipinski definition) is 2. The van der Waals surface area contributed by atoms with Crippen molar-refractivity contribution in [2.75, 3.05) is 52.6 Å². The number of β-amino-alcohol motifs (C(OH)–C–C–N with tert-alkyl or cyclic N) is 1. The molecule has 4 atom stereocenters. The van der Waals surface area contributed by atoms with E-state index >= 15 is 0 Å². The highest BCUT2D eigenvalue weighted by Crippen LogP contribution is 2.27. The summed E-state index contributed by atoms with van der Waals surface area (Å²) in [5.74, 6) is 0. The van der Waals surface area contributed by atoms with Crippen molar-refractivity contribution in [2.24, 2.45) is 0 Å². The maximum Gasteiger partial charge on any atom is 0.0905 e. The highest BCUT2D eigenvalue weighted by Gasteiger charge is 2.36. The molecule has 0 bridgehead atoms. The zero-order chi connectivity index (χ0) is 23.7. The van der Waals surface area contributed by atoms with Crippen LogP contribution in [0.25, 0.3) is 0 Å². The summed E-state index contributed by atoms with van der Waals surface area (Å²) in [6.45, 7) is 6.80. The van der Waals surface area contributed by atoms with Crippen LogP contribution in [0.15, 0.2) is 33.7 Å². The third kappa shape index (κ3) is 5.59. The predicted octanol–water partition coefficient (Wildman–Crippen LogP) is 1.30. The minimum atomic E-state index is -0.351. The summed E-state index contributed by atoms with van der Waals surface area (Å²) in [6, 6.07) is 1.19. The van der Waals surface area contributed by atoms with Crippen LogP contribution in [0.5, 0.6) is 0 Å². The Morgan fingerprint density at radius 2 is 1.26 bits per heavy atom. The van der Waals surface area contributed by atoms with Crippen LogP contribution in [0, 0.1) is 0 Å². The first-order valence-electron chi connectivity index (χ1n) is 11.9. The van der Waals surface area contributed by atoms with E-state index in [1.54, 1.807) is 12.4 Å². The quantitative estimate of drug-likeness (QED) is 0.540. The Morgan fingerprint density at radius 1 is 0.735 bits per heavy atom.